The maximum absolute atomic E-state index is 5.09. The van der Waals surface area contributed by atoms with Gasteiger partial charge in [0.15, 0.2) is 0 Å². The topological polar surface area (TPSA) is 24.5 Å². The molecule has 1 saturated carbocycles. The third-order valence-electron chi connectivity index (χ3n) is 4.11. The molecule has 1 rings (SSSR count). The minimum Gasteiger partial charge on any atom is -0.385 e. The van der Waals surface area contributed by atoms with Crippen LogP contribution in [0.15, 0.2) is 0 Å². The second kappa shape index (κ2) is 9.76. The molecule has 108 valence electrons. The van der Waals surface area contributed by atoms with E-state index in [4.69, 9.17) is 4.74 Å². The van der Waals surface area contributed by atoms with Crippen molar-refractivity contribution in [1.29, 1.82) is 0 Å². The Bertz CT molecular complexity index is 191. The van der Waals surface area contributed by atoms with Crippen molar-refractivity contribution in [3.8, 4) is 0 Å². The van der Waals surface area contributed by atoms with Gasteiger partial charge in [0, 0.05) is 25.8 Å². The normalized spacial score (nSPS) is 24.7. The molecule has 18 heavy (non-hydrogen) atoms. The molecular formula is C15H32N2O. The number of nitrogens with one attached hydrogen (secondary N) is 1. The number of hydrogen-bond donors (Lipinski definition) is 1. The van der Waals surface area contributed by atoms with Gasteiger partial charge in [-0.2, -0.15) is 0 Å². The number of rotatable bonds is 9. The fraction of sp³-hybridized carbons (Fsp3) is 1.00. The highest BCUT2D eigenvalue weighted by atomic mass is 16.5. The number of methoxy groups -OCH3 is 1. The van der Waals surface area contributed by atoms with Gasteiger partial charge in [0.1, 0.15) is 0 Å². The van der Waals surface area contributed by atoms with Crippen molar-refractivity contribution in [3.63, 3.8) is 0 Å². The van der Waals surface area contributed by atoms with Crippen LogP contribution in [0.2, 0.25) is 0 Å². The highest BCUT2D eigenvalue weighted by Gasteiger charge is 2.22. The molecule has 0 saturated heterocycles. The fourth-order valence-corrected chi connectivity index (χ4v) is 2.86. The molecule has 0 aromatic rings. The lowest BCUT2D eigenvalue weighted by atomic mass is 9.90. The van der Waals surface area contributed by atoms with Crippen LogP contribution in [0.3, 0.4) is 0 Å². The minimum atomic E-state index is 0.781. The van der Waals surface area contributed by atoms with Crippen molar-refractivity contribution in [1.82, 2.24) is 10.2 Å². The quantitative estimate of drug-likeness (QED) is 0.642. The molecule has 0 atom stereocenters. The maximum Gasteiger partial charge on any atom is 0.0462 e. The van der Waals surface area contributed by atoms with Gasteiger partial charge in [-0.25, -0.2) is 0 Å². The standard InChI is InChI=1S/C15H32N2O/c1-4-11-16-14-7-9-15(10-8-14)17(2)12-5-6-13-18-3/h14-16H,4-13H2,1-3H3. The first-order valence-electron chi connectivity index (χ1n) is 7.70. The first-order chi connectivity index (χ1) is 8.77. The van der Waals surface area contributed by atoms with Crippen molar-refractivity contribution < 1.29 is 4.74 Å². The Morgan fingerprint density at radius 2 is 1.89 bits per heavy atom. The van der Waals surface area contributed by atoms with Crippen LogP contribution in [0.1, 0.15) is 51.9 Å². The lowest BCUT2D eigenvalue weighted by Gasteiger charge is -2.35. The Morgan fingerprint density at radius 3 is 2.50 bits per heavy atom. The van der Waals surface area contributed by atoms with E-state index in [0.29, 0.717) is 0 Å². The molecule has 1 fully saturated rings. The van der Waals surface area contributed by atoms with Crippen LogP contribution in [0, 0.1) is 0 Å². The summed E-state index contributed by atoms with van der Waals surface area (Å²) in [7, 11) is 4.07. The van der Waals surface area contributed by atoms with Gasteiger partial charge in [-0.15, -0.1) is 0 Å². The molecule has 0 heterocycles. The van der Waals surface area contributed by atoms with Crippen molar-refractivity contribution in [2.24, 2.45) is 0 Å². The highest BCUT2D eigenvalue weighted by Crippen LogP contribution is 2.22. The Balaban J connectivity index is 2.09. The average Bonchev–Trinajstić information content (AvgIpc) is 2.41. The Morgan fingerprint density at radius 1 is 1.17 bits per heavy atom. The molecule has 0 amide bonds. The van der Waals surface area contributed by atoms with Crippen LogP contribution in [-0.2, 0) is 4.74 Å². The van der Waals surface area contributed by atoms with Gasteiger partial charge in [0.25, 0.3) is 0 Å². The van der Waals surface area contributed by atoms with E-state index in [9.17, 15) is 0 Å². The van der Waals surface area contributed by atoms with Crippen LogP contribution < -0.4 is 5.32 Å². The van der Waals surface area contributed by atoms with Gasteiger partial charge in [-0.3, -0.25) is 0 Å². The van der Waals surface area contributed by atoms with Gasteiger partial charge in [-0.1, -0.05) is 6.92 Å². The summed E-state index contributed by atoms with van der Waals surface area (Å²) in [5.74, 6) is 0. The summed E-state index contributed by atoms with van der Waals surface area (Å²) < 4.78 is 5.09. The van der Waals surface area contributed by atoms with Gasteiger partial charge < -0.3 is 15.0 Å². The van der Waals surface area contributed by atoms with E-state index in [-0.39, 0.29) is 0 Å². The zero-order valence-electron chi connectivity index (χ0n) is 12.6. The summed E-state index contributed by atoms with van der Waals surface area (Å²) in [6.07, 6.45) is 9.14. The number of unbranched alkanes of at least 4 members (excludes halogenated alkanes) is 1. The molecule has 0 aromatic carbocycles. The van der Waals surface area contributed by atoms with Crippen LogP contribution in [-0.4, -0.2) is 50.8 Å². The number of hydrogen-bond acceptors (Lipinski definition) is 3. The van der Waals surface area contributed by atoms with Crippen molar-refractivity contribution >= 4 is 0 Å². The highest BCUT2D eigenvalue weighted by molar-refractivity contribution is 4.81. The predicted octanol–water partition coefficient (Wildman–Crippen LogP) is 2.66. The SMILES string of the molecule is CCCNC1CCC(N(C)CCCCOC)CC1. The monoisotopic (exact) mass is 256 g/mol. The lowest BCUT2D eigenvalue weighted by Crippen LogP contribution is -2.41. The Labute approximate surface area is 113 Å². The summed E-state index contributed by atoms with van der Waals surface area (Å²) in [4.78, 5) is 2.56. The van der Waals surface area contributed by atoms with E-state index >= 15 is 0 Å². The van der Waals surface area contributed by atoms with E-state index in [2.05, 4.69) is 24.2 Å². The zero-order chi connectivity index (χ0) is 13.2. The fourth-order valence-electron chi connectivity index (χ4n) is 2.86. The van der Waals surface area contributed by atoms with E-state index in [0.717, 1.165) is 18.7 Å². The molecule has 3 nitrogen and oxygen atoms in total. The molecule has 1 N–H and O–H groups in total. The zero-order valence-corrected chi connectivity index (χ0v) is 12.6. The van der Waals surface area contributed by atoms with Gasteiger partial charge >= 0.3 is 0 Å². The summed E-state index contributed by atoms with van der Waals surface area (Å²) >= 11 is 0. The molecule has 0 spiro atoms. The van der Waals surface area contributed by atoms with Crippen LogP contribution in [0.4, 0.5) is 0 Å². The summed E-state index contributed by atoms with van der Waals surface area (Å²) in [6, 6.07) is 1.59. The molecule has 0 bridgehead atoms. The van der Waals surface area contributed by atoms with Gasteiger partial charge in [0.2, 0.25) is 0 Å². The summed E-state index contributed by atoms with van der Waals surface area (Å²) in [5.41, 5.74) is 0. The Kier molecular flexibility index (Phi) is 8.64. The smallest absolute Gasteiger partial charge is 0.0462 e. The maximum atomic E-state index is 5.09. The molecule has 0 aromatic heterocycles. The molecule has 1 aliphatic carbocycles. The Hall–Kier alpha value is -0.120. The minimum absolute atomic E-state index is 0.781. The van der Waals surface area contributed by atoms with Crippen molar-refractivity contribution in [2.75, 3.05) is 33.9 Å². The first kappa shape index (κ1) is 15.9. The summed E-state index contributed by atoms with van der Waals surface area (Å²) in [6.45, 7) is 5.55. The van der Waals surface area contributed by atoms with Gasteiger partial charge in [0.05, 0.1) is 0 Å². The van der Waals surface area contributed by atoms with Gasteiger partial charge in [-0.05, 0) is 65.1 Å². The molecular weight excluding hydrogens is 224 g/mol. The third kappa shape index (κ3) is 6.17. The van der Waals surface area contributed by atoms with E-state index in [1.807, 2.05) is 0 Å². The molecule has 1 aliphatic rings. The first-order valence-corrected chi connectivity index (χ1v) is 7.70. The lowest BCUT2D eigenvalue weighted by molar-refractivity contribution is 0.157. The van der Waals surface area contributed by atoms with Crippen molar-refractivity contribution in [3.05, 3.63) is 0 Å². The largest absolute Gasteiger partial charge is 0.385 e. The number of nitrogens with zero attached hydrogens (tertiary/aromatic N) is 1. The van der Waals surface area contributed by atoms with Crippen LogP contribution in [0.5, 0.6) is 0 Å². The average molecular weight is 256 g/mol. The van der Waals surface area contributed by atoms with E-state index < -0.39 is 0 Å². The molecule has 0 radical (unpaired) electrons. The molecule has 0 aliphatic heterocycles. The third-order valence-corrected chi connectivity index (χ3v) is 4.11. The van der Waals surface area contributed by atoms with Crippen molar-refractivity contribution in [2.45, 2.75) is 64.0 Å². The summed E-state index contributed by atoms with van der Waals surface area (Å²) in [5, 5.41) is 3.66. The second-order valence-corrected chi connectivity index (χ2v) is 5.64. The molecule has 0 unspecified atom stereocenters. The predicted molar refractivity (Wildman–Crippen MR) is 78.1 cm³/mol. The van der Waals surface area contributed by atoms with E-state index in [1.54, 1.807) is 7.11 Å². The van der Waals surface area contributed by atoms with E-state index in [1.165, 1.54) is 58.0 Å². The van der Waals surface area contributed by atoms with Crippen LogP contribution in [0.25, 0.3) is 0 Å². The second-order valence-electron chi connectivity index (χ2n) is 5.64. The van der Waals surface area contributed by atoms with Crippen LogP contribution >= 0.6 is 0 Å². The molecule has 3 heteroatoms. The number of ether oxygens (including phenoxy) is 1.